The van der Waals surface area contributed by atoms with Crippen molar-refractivity contribution < 1.29 is 26.8 Å². The van der Waals surface area contributed by atoms with Crippen LogP contribution in [-0.2, 0) is 21.4 Å². The van der Waals surface area contributed by atoms with E-state index in [-0.39, 0.29) is 35.1 Å². The summed E-state index contributed by atoms with van der Waals surface area (Å²) >= 11 is 0.700. The van der Waals surface area contributed by atoms with Crippen molar-refractivity contribution in [2.75, 3.05) is 18.1 Å². The normalized spacial score (nSPS) is 11.3. The van der Waals surface area contributed by atoms with Crippen LogP contribution in [-0.4, -0.2) is 32.5 Å². The zero-order valence-electron chi connectivity index (χ0n) is 20.3. The van der Waals surface area contributed by atoms with Crippen LogP contribution in [0.3, 0.4) is 0 Å². The number of hydrogen-bond donors (Lipinski definition) is 0. The third-order valence-corrected chi connectivity index (χ3v) is 7.05. The fourth-order valence-electron chi connectivity index (χ4n) is 3.51. The van der Waals surface area contributed by atoms with Crippen molar-refractivity contribution in [1.29, 1.82) is 5.26 Å². The van der Waals surface area contributed by atoms with Crippen molar-refractivity contribution in [1.82, 2.24) is 0 Å². The minimum Gasteiger partial charge on any atom is -0.462 e. The number of carbonyl (C=O) groups is 1. The summed E-state index contributed by atoms with van der Waals surface area (Å²) in [6.45, 7) is 3.90. The first-order valence-corrected chi connectivity index (χ1v) is 13.5. The number of ether oxygens (including phenoxy) is 1. The molecule has 0 fully saturated rings. The number of carbonyl (C=O) groups excluding carboxylic acids is 1. The molecule has 0 N–H and O–H groups in total. The molecule has 1 heterocycles. The first-order valence-electron chi connectivity index (χ1n) is 11.3. The number of benzene rings is 2. The van der Waals surface area contributed by atoms with Crippen LogP contribution in [0.2, 0.25) is 0 Å². The summed E-state index contributed by atoms with van der Waals surface area (Å²) in [6, 6.07) is 13.5. The number of anilines is 2. The Morgan fingerprint density at radius 2 is 1.89 bits per heavy atom. The summed E-state index contributed by atoms with van der Waals surface area (Å²) in [4.78, 5) is 24.1. The van der Waals surface area contributed by atoms with Crippen molar-refractivity contribution in [3.05, 3.63) is 69.8 Å². The third kappa shape index (κ3) is 6.75. The van der Waals surface area contributed by atoms with Crippen LogP contribution < -0.4 is 4.90 Å². The number of nitrogens with zero attached hydrogens (tertiary/aromatic N) is 5. The molecule has 0 bridgehead atoms. The average Bonchev–Trinajstić information content (AvgIpc) is 3.33. The Kier molecular flexibility index (Phi) is 9.21. The van der Waals surface area contributed by atoms with E-state index < -0.39 is 26.0 Å². The number of aryl methyl sites for hydroxylation is 1. The highest BCUT2D eigenvalue weighted by Gasteiger charge is 2.23. The van der Waals surface area contributed by atoms with E-state index in [4.69, 9.17) is 10.00 Å². The van der Waals surface area contributed by atoms with E-state index in [2.05, 4.69) is 16.3 Å². The molecule has 11 nitrogen and oxygen atoms in total. The van der Waals surface area contributed by atoms with E-state index >= 15 is 0 Å². The number of esters is 1. The van der Waals surface area contributed by atoms with Crippen LogP contribution in [0.4, 0.5) is 31.0 Å². The van der Waals surface area contributed by atoms with Crippen molar-refractivity contribution in [3.63, 3.8) is 0 Å². The standard InChI is InChI=1S/C24H22FN5O6S2/c1-3-16-14-17(27-28-23-20(24(31)36-4-2)15-22(37-23)30(32)33)6-11-21(16)29(13-5-12-26)18-7-9-19(10-8-18)38(25,34)35/h6-11,14-15H,3-5,13H2,1-2H3. The van der Waals surface area contributed by atoms with Gasteiger partial charge in [-0.1, -0.05) is 6.92 Å². The zero-order chi connectivity index (χ0) is 27.9. The van der Waals surface area contributed by atoms with Crippen molar-refractivity contribution in [3.8, 4) is 6.07 Å². The van der Waals surface area contributed by atoms with Gasteiger partial charge in [0, 0.05) is 24.0 Å². The zero-order valence-corrected chi connectivity index (χ0v) is 22.0. The van der Waals surface area contributed by atoms with Crippen molar-refractivity contribution in [2.24, 2.45) is 10.2 Å². The van der Waals surface area contributed by atoms with Gasteiger partial charge in [-0.2, -0.15) is 13.7 Å². The summed E-state index contributed by atoms with van der Waals surface area (Å²) < 4.78 is 40.6. The molecular weight excluding hydrogens is 537 g/mol. The van der Waals surface area contributed by atoms with E-state index in [0.29, 0.717) is 29.1 Å². The molecule has 0 aliphatic rings. The molecular formula is C24H22FN5O6S2. The largest absolute Gasteiger partial charge is 0.462 e. The van der Waals surface area contributed by atoms with Crippen molar-refractivity contribution in [2.45, 2.75) is 31.6 Å². The molecule has 3 rings (SSSR count). The van der Waals surface area contributed by atoms with Crippen LogP contribution in [0.5, 0.6) is 0 Å². The molecule has 0 radical (unpaired) electrons. The molecule has 0 amide bonds. The Hall–Kier alpha value is -4.22. The van der Waals surface area contributed by atoms with Gasteiger partial charge in [-0.15, -0.1) is 14.1 Å². The summed E-state index contributed by atoms with van der Waals surface area (Å²) in [5.74, 6) is -0.741. The molecule has 2 aromatic carbocycles. The maximum atomic E-state index is 13.3. The SMILES string of the molecule is CCOC(=O)c1cc([N+](=O)[O-])sc1N=Nc1ccc(N(CCC#N)c2ccc(S(=O)(=O)F)cc2)c(CC)c1. The van der Waals surface area contributed by atoms with Gasteiger partial charge in [-0.3, -0.25) is 10.1 Å². The highest BCUT2D eigenvalue weighted by atomic mass is 32.3. The van der Waals surface area contributed by atoms with Gasteiger partial charge in [0.1, 0.15) is 5.56 Å². The van der Waals surface area contributed by atoms with E-state index in [1.807, 2.05) is 6.92 Å². The lowest BCUT2D eigenvalue weighted by Crippen LogP contribution is -2.19. The monoisotopic (exact) mass is 559 g/mol. The van der Waals surface area contributed by atoms with Gasteiger partial charge in [-0.25, -0.2) is 4.79 Å². The lowest BCUT2D eigenvalue weighted by molar-refractivity contribution is -0.380. The Labute approximate surface area is 222 Å². The smallest absolute Gasteiger partial charge is 0.341 e. The van der Waals surface area contributed by atoms with Gasteiger partial charge in [-0.05, 0) is 72.7 Å². The Morgan fingerprint density at radius 3 is 2.47 bits per heavy atom. The van der Waals surface area contributed by atoms with Gasteiger partial charge >= 0.3 is 21.2 Å². The number of nitro groups is 1. The van der Waals surface area contributed by atoms with Gasteiger partial charge in [0.15, 0.2) is 5.00 Å². The minimum absolute atomic E-state index is 0.0378. The topological polar surface area (TPSA) is 155 Å². The maximum Gasteiger partial charge on any atom is 0.341 e. The summed E-state index contributed by atoms with van der Waals surface area (Å²) in [5.41, 5.74) is 2.44. The van der Waals surface area contributed by atoms with Crippen LogP contribution in [0, 0.1) is 21.4 Å². The average molecular weight is 560 g/mol. The summed E-state index contributed by atoms with van der Waals surface area (Å²) in [6.07, 6.45) is 0.721. The molecule has 0 aliphatic heterocycles. The molecule has 0 spiro atoms. The number of azo groups is 1. The second-order valence-corrected chi connectivity index (χ2v) is 10.00. The maximum absolute atomic E-state index is 13.3. The fraction of sp³-hybridized carbons (Fsp3) is 0.250. The molecule has 3 aromatic rings. The minimum atomic E-state index is -4.85. The molecule has 38 heavy (non-hydrogen) atoms. The predicted molar refractivity (Wildman–Crippen MR) is 139 cm³/mol. The number of halogens is 1. The summed E-state index contributed by atoms with van der Waals surface area (Å²) in [7, 11) is -4.85. The van der Waals surface area contributed by atoms with Gasteiger partial charge < -0.3 is 9.64 Å². The fourth-order valence-corrected chi connectivity index (χ4v) is 4.76. The first kappa shape index (κ1) is 28.4. The van der Waals surface area contributed by atoms with E-state index in [9.17, 15) is 27.2 Å². The second-order valence-electron chi connectivity index (χ2n) is 7.64. The lowest BCUT2D eigenvalue weighted by atomic mass is 10.1. The molecule has 14 heteroatoms. The van der Waals surface area contributed by atoms with Crippen LogP contribution >= 0.6 is 11.3 Å². The third-order valence-electron chi connectivity index (χ3n) is 5.24. The highest BCUT2D eigenvalue weighted by Crippen LogP contribution is 2.38. The summed E-state index contributed by atoms with van der Waals surface area (Å²) in [5, 5.41) is 28.3. The van der Waals surface area contributed by atoms with E-state index in [1.54, 1.807) is 30.0 Å². The lowest BCUT2D eigenvalue weighted by Gasteiger charge is -2.26. The van der Waals surface area contributed by atoms with Crippen molar-refractivity contribution >= 4 is 54.6 Å². The number of rotatable bonds is 11. The second kappa shape index (κ2) is 12.3. The molecule has 198 valence electrons. The van der Waals surface area contributed by atoms with Crippen LogP contribution in [0.25, 0.3) is 0 Å². The van der Waals surface area contributed by atoms with E-state index in [0.717, 1.165) is 29.4 Å². The van der Waals surface area contributed by atoms with Crippen LogP contribution in [0.15, 0.2) is 63.7 Å². The Balaban J connectivity index is 1.98. The highest BCUT2D eigenvalue weighted by molar-refractivity contribution is 7.86. The molecule has 1 aromatic heterocycles. The van der Waals surface area contributed by atoms with Gasteiger partial charge in [0.25, 0.3) is 0 Å². The Bertz CT molecular complexity index is 1510. The number of thiophene rings is 1. The van der Waals surface area contributed by atoms with E-state index in [1.165, 1.54) is 12.1 Å². The molecule has 0 aliphatic carbocycles. The quantitative estimate of drug-likeness (QED) is 0.0845. The number of nitriles is 1. The molecule has 0 saturated heterocycles. The number of hydrogen-bond acceptors (Lipinski definition) is 11. The molecule has 0 unspecified atom stereocenters. The molecule has 0 saturated carbocycles. The molecule has 0 atom stereocenters. The van der Waals surface area contributed by atoms with Gasteiger partial charge in [0.05, 0.1) is 34.6 Å². The van der Waals surface area contributed by atoms with Gasteiger partial charge in [0.2, 0.25) is 0 Å². The Morgan fingerprint density at radius 1 is 1.18 bits per heavy atom. The predicted octanol–water partition coefficient (Wildman–Crippen LogP) is 6.52. The first-order chi connectivity index (χ1) is 18.1. The van der Waals surface area contributed by atoms with Crippen LogP contribution in [0.1, 0.15) is 36.2 Å².